The minimum Gasteiger partial charge on any atom is -0.497 e. The zero-order valence-electron chi connectivity index (χ0n) is 13.1. The van der Waals surface area contributed by atoms with Crippen molar-refractivity contribution in [3.63, 3.8) is 0 Å². The summed E-state index contributed by atoms with van der Waals surface area (Å²) in [4.78, 5) is 22.5. The van der Waals surface area contributed by atoms with Crippen molar-refractivity contribution in [1.82, 2.24) is 5.43 Å². The number of ether oxygens (including phenoxy) is 2. The van der Waals surface area contributed by atoms with E-state index in [9.17, 15) is 9.59 Å². The van der Waals surface area contributed by atoms with E-state index in [0.29, 0.717) is 17.1 Å². The van der Waals surface area contributed by atoms with E-state index in [1.54, 1.807) is 55.6 Å². The predicted molar refractivity (Wildman–Crippen MR) is 89.2 cm³/mol. The number of hydrazone groups is 1. The summed E-state index contributed by atoms with van der Waals surface area (Å²) in [5, 5.41) is 3.89. The number of primary amides is 1. The fourth-order valence-electron chi connectivity index (χ4n) is 1.78. The highest BCUT2D eigenvalue weighted by atomic mass is 16.5. The van der Waals surface area contributed by atoms with Gasteiger partial charge in [-0.15, -0.1) is 0 Å². The third-order valence-corrected chi connectivity index (χ3v) is 2.99. The van der Waals surface area contributed by atoms with Gasteiger partial charge in [-0.2, -0.15) is 5.10 Å². The van der Waals surface area contributed by atoms with Crippen molar-refractivity contribution in [2.45, 2.75) is 0 Å². The lowest BCUT2D eigenvalue weighted by atomic mass is 10.2. The van der Waals surface area contributed by atoms with E-state index >= 15 is 0 Å². The van der Waals surface area contributed by atoms with E-state index in [-0.39, 0.29) is 12.5 Å². The zero-order valence-corrected chi connectivity index (χ0v) is 13.1. The van der Waals surface area contributed by atoms with E-state index in [1.807, 2.05) is 0 Å². The quantitative estimate of drug-likeness (QED) is 0.591. The summed E-state index contributed by atoms with van der Waals surface area (Å²) in [6.07, 6.45) is 1.50. The number of rotatable bonds is 7. The molecular formula is C17H17N3O4. The summed E-state index contributed by atoms with van der Waals surface area (Å²) in [5.41, 5.74) is 8.67. The number of nitrogens with one attached hydrogen (secondary N) is 1. The third kappa shape index (κ3) is 5.13. The zero-order chi connectivity index (χ0) is 17.4. The van der Waals surface area contributed by atoms with Crippen LogP contribution in [-0.4, -0.2) is 31.7 Å². The van der Waals surface area contributed by atoms with Gasteiger partial charge < -0.3 is 15.2 Å². The molecule has 0 spiro atoms. The number of carbonyl (C=O) groups is 2. The first-order chi connectivity index (χ1) is 11.6. The highest BCUT2D eigenvalue weighted by Crippen LogP contribution is 2.12. The molecule has 0 atom stereocenters. The van der Waals surface area contributed by atoms with Crippen molar-refractivity contribution in [1.29, 1.82) is 0 Å². The van der Waals surface area contributed by atoms with Crippen LogP contribution in [0.25, 0.3) is 0 Å². The van der Waals surface area contributed by atoms with E-state index in [1.165, 1.54) is 6.21 Å². The van der Waals surface area contributed by atoms with E-state index < -0.39 is 5.91 Å². The van der Waals surface area contributed by atoms with Crippen LogP contribution in [0.15, 0.2) is 53.6 Å². The maximum Gasteiger partial charge on any atom is 0.271 e. The molecule has 0 heterocycles. The Bertz CT molecular complexity index is 725. The Morgan fingerprint density at radius 3 is 2.29 bits per heavy atom. The molecule has 0 aromatic heterocycles. The van der Waals surface area contributed by atoms with Gasteiger partial charge in [0.1, 0.15) is 11.5 Å². The number of nitrogens with two attached hydrogens (primary N) is 1. The van der Waals surface area contributed by atoms with Crippen LogP contribution in [0.5, 0.6) is 11.5 Å². The molecule has 2 rings (SSSR count). The van der Waals surface area contributed by atoms with Crippen LogP contribution in [0.4, 0.5) is 0 Å². The lowest BCUT2D eigenvalue weighted by molar-refractivity contribution is -0.119. The lowest BCUT2D eigenvalue weighted by Crippen LogP contribution is -2.20. The molecule has 3 N–H and O–H groups in total. The maximum absolute atomic E-state index is 11.9. The Labute approximate surface area is 139 Å². The number of methoxy groups -OCH3 is 1. The van der Waals surface area contributed by atoms with Gasteiger partial charge in [0.25, 0.3) is 11.8 Å². The van der Waals surface area contributed by atoms with E-state index in [4.69, 9.17) is 15.2 Å². The minimum absolute atomic E-state index is 0.175. The van der Waals surface area contributed by atoms with Crippen molar-refractivity contribution < 1.29 is 19.1 Å². The normalized spacial score (nSPS) is 10.4. The van der Waals surface area contributed by atoms with Crippen LogP contribution < -0.4 is 20.6 Å². The monoisotopic (exact) mass is 327 g/mol. The lowest BCUT2D eigenvalue weighted by Gasteiger charge is -2.03. The number of hydrogen-bond donors (Lipinski definition) is 2. The van der Waals surface area contributed by atoms with Crippen LogP contribution in [0.1, 0.15) is 15.9 Å². The molecule has 7 heteroatoms. The molecule has 124 valence electrons. The molecule has 24 heavy (non-hydrogen) atoms. The largest absolute Gasteiger partial charge is 0.497 e. The van der Waals surface area contributed by atoms with Gasteiger partial charge in [0.2, 0.25) is 0 Å². The summed E-state index contributed by atoms with van der Waals surface area (Å²) in [7, 11) is 1.56. The van der Waals surface area contributed by atoms with Gasteiger partial charge in [-0.1, -0.05) is 0 Å². The van der Waals surface area contributed by atoms with Crippen molar-refractivity contribution in [3.05, 3.63) is 59.7 Å². The first-order valence-electron chi connectivity index (χ1n) is 7.07. The van der Waals surface area contributed by atoms with Gasteiger partial charge >= 0.3 is 0 Å². The summed E-state index contributed by atoms with van der Waals surface area (Å²) >= 11 is 0. The fraction of sp³-hybridized carbons (Fsp3) is 0.118. The standard InChI is InChI=1S/C17H17N3O4/c1-23-14-8-4-13(5-9-14)17(22)20-19-10-12-2-6-15(7-3-12)24-11-16(18)21/h2-10H,11H2,1H3,(H2,18,21)(H,20,22). The van der Waals surface area contributed by atoms with Crippen molar-refractivity contribution in [3.8, 4) is 11.5 Å². The van der Waals surface area contributed by atoms with Gasteiger partial charge in [-0.3, -0.25) is 9.59 Å². The number of hydrogen-bond acceptors (Lipinski definition) is 5. The molecule has 2 aromatic carbocycles. The number of benzene rings is 2. The van der Waals surface area contributed by atoms with E-state index in [0.717, 1.165) is 5.56 Å². The molecule has 0 radical (unpaired) electrons. The molecule has 2 amide bonds. The molecule has 0 fully saturated rings. The highest BCUT2D eigenvalue weighted by Gasteiger charge is 2.03. The number of amides is 2. The first kappa shape index (κ1) is 17.0. The van der Waals surface area contributed by atoms with Crippen molar-refractivity contribution in [2.24, 2.45) is 10.8 Å². The summed E-state index contributed by atoms with van der Waals surface area (Å²) in [6.45, 7) is -0.175. The molecule has 0 aliphatic carbocycles. The molecule has 2 aromatic rings. The second-order valence-electron chi connectivity index (χ2n) is 4.75. The third-order valence-electron chi connectivity index (χ3n) is 2.99. The molecule has 0 unspecified atom stereocenters. The Hall–Kier alpha value is -3.35. The Kier molecular flexibility index (Phi) is 5.90. The average molecular weight is 327 g/mol. The number of carbonyl (C=O) groups excluding carboxylic acids is 2. The van der Waals surface area contributed by atoms with Crippen molar-refractivity contribution in [2.75, 3.05) is 13.7 Å². The molecule has 0 bridgehead atoms. The molecule has 0 aliphatic rings. The summed E-state index contributed by atoms with van der Waals surface area (Å²) < 4.78 is 10.2. The number of nitrogens with zero attached hydrogens (tertiary/aromatic N) is 1. The fourth-order valence-corrected chi connectivity index (χ4v) is 1.78. The summed E-state index contributed by atoms with van der Waals surface area (Å²) in [6, 6.07) is 13.5. The van der Waals surface area contributed by atoms with Crippen LogP contribution in [0.3, 0.4) is 0 Å². The van der Waals surface area contributed by atoms with Gasteiger partial charge in [0, 0.05) is 5.56 Å². The average Bonchev–Trinajstić information content (AvgIpc) is 2.61. The second kappa shape index (κ2) is 8.33. The topological polar surface area (TPSA) is 103 Å². The SMILES string of the molecule is COc1ccc(C(=O)NN=Cc2ccc(OCC(N)=O)cc2)cc1. The Morgan fingerprint density at radius 2 is 1.71 bits per heavy atom. The molecule has 7 nitrogen and oxygen atoms in total. The Balaban J connectivity index is 1.88. The van der Waals surface area contributed by atoms with Crippen molar-refractivity contribution >= 4 is 18.0 Å². The molecular weight excluding hydrogens is 310 g/mol. The molecule has 0 saturated heterocycles. The first-order valence-corrected chi connectivity index (χ1v) is 7.07. The maximum atomic E-state index is 11.9. The van der Waals surface area contributed by atoms with Gasteiger partial charge in [0.15, 0.2) is 6.61 Å². The van der Waals surface area contributed by atoms with Gasteiger partial charge in [-0.05, 0) is 54.1 Å². The minimum atomic E-state index is -0.540. The van der Waals surface area contributed by atoms with Crippen LogP contribution in [0.2, 0.25) is 0 Å². The van der Waals surface area contributed by atoms with Crippen LogP contribution in [0, 0.1) is 0 Å². The smallest absolute Gasteiger partial charge is 0.271 e. The predicted octanol–water partition coefficient (Wildman–Crippen LogP) is 1.32. The second-order valence-corrected chi connectivity index (χ2v) is 4.75. The molecule has 0 saturated carbocycles. The Morgan fingerprint density at radius 1 is 1.08 bits per heavy atom. The summed E-state index contributed by atoms with van der Waals surface area (Å²) in [5.74, 6) is 0.333. The van der Waals surface area contributed by atoms with Gasteiger partial charge in [-0.25, -0.2) is 5.43 Å². The van der Waals surface area contributed by atoms with Crippen LogP contribution in [-0.2, 0) is 4.79 Å². The van der Waals surface area contributed by atoms with Gasteiger partial charge in [0.05, 0.1) is 13.3 Å². The van der Waals surface area contributed by atoms with Crippen LogP contribution >= 0.6 is 0 Å². The van der Waals surface area contributed by atoms with E-state index in [2.05, 4.69) is 10.5 Å². The molecule has 0 aliphatic heterocycles. The highest BCUT2D eigenvalue weighted by molar-refractivity contribution is 5.95.